The van der Waals surface area contributed by atoms with Gasteiger partial charge in [-0.05, 0) is 43.4 Å². The van der Waals surface area contributed by atoms with E-state index in [-0.39, 0.29) is 11.3 Å². The topological polar surface area (TPSA) is 56.1 Å². The lowest BCUT2D eigenvalue weighted by Crippen LogP contribution is -2.25. The minimum atomic E-state index is -0.161. The first-order valence-corrected chi connectivity index (χ1v) is 7.64. The van der Waals surface area contributed by atoms with Gasteiger partial charge >= 0.3 is 0 Å². The summed E-state index contributed by atoms with van der Waals surface area (Å²) in [5.74, 6) is 1.32. The van der Waals surface area contributed by atoms with Gasteiger partial charge in [-0.2, -0.15) is 0 Å². The van der Waals surface area contributed by atoms with Crippen LogP contribution in [0.3, 0.4) is 0 Å². The van der Waals surface area contributed by atoms with E-state index in [9.17, 15) is 4.79 Å². The average molecular weight is 320 g/mol. The number of aromatic nitrogens is 2. The van der Waals surface area contributed by atoms with Gasteiger partial charge < -0.3 is 10.1 Å². The van der Waals surface area contributed by atoms with Crippen molar-refractivity contribution in [2.75, 3.05) is 12.4 Å². The van der Waals surface area contributed by atoms with E-state index in [0.29, 0.717) is 23.4 Å². The van der Waals surface area contributed by atoms with Crippen LogP contribution in [0.25, 0.3) is 0 Å². The molecule has 0 aliphatic heterocycles. The van der Waals surface area contributed by atoms with Gasteiger partial charge in [0.1, 0.15) is 0 Å². The molecule has 0 saturated heterocycles. The Morgan fingerprint density at radius 2 is 2.23 bits per heavy atom. The minimum Gasteiger partial charge on any atom is -0.490 e. The molecule has 0 radical (unpaired) electrons. The molecule has 116 valence electrons. The van der Waals surface area contributed by atoms with Crippen LogP contribution in [0.2, 0.25) is 5.02 Å². The Bertz CT molecular complexity index is 754. The molecule has 1 heterocycles. The average Bonchev–Trinajstić information content (AvgIpc) is 3.32. The van der Waals surface area contributed by atoms with Crippen LogP contribution in [-0.4, -0.2) is 16.7 Å². The summed E-state index contributed by atoms with van der Waals surface area (Å²) in [6.45, 7) is 2.59. The van der Waals surface area contributed by atoms with Gasteiger partial charge in [-0.15, -0.1) is 0 Å². The minimum absolute atomic E-state index is 0.161. The molecular formula is C16H18ClN3O2. The monoisotopic (exact) mass is 319 g/mol. The number of nitrogens with one attached hydrogen (secondary N) is 1. The molecule has 1 N–H and O–H groups in total. The van der Waals surface area contributed by atoms with Crippen molar-refractivity contribution in [3.8, 4) is 5.75 Å². The first kappa shape index (κ1) is 14.9. The number of methoxy groups -OCH3 is 1. The molecule has 0 bridgehead atoms. The fraction of sp³-hybridized carbons (Fsp3) is 0.375. The molecule has 1 aromatic heterocycles. The molecule has 2 aromatic rings. The predicted molar refractivity (Wildman–Crippen MR) is 87.2 cm³/mol. The highest BCUT2D eigenvalue weighted by Gasteiger charge is 2.24. The van der Waals surface area contributed by atoms with Crippen LogP contribution in [0, 0.1) is 12.8 Å². The lowest BCUT2D eigenvalue weighted by molar-refractivity contribution is 0.398. The highest BCUT2D eigenvalue weighted by atomic mass is 35.5. The van der Waals surface area contributed by atoms with Gasteiger partial charge in [0.2, 0.25) is 11.7 Å². The second kappa shape index (κ2) is 6.01. The van der Waals surface area contributed by atoms with Crippen molar-refractivity contribution in [1.82, 2.24) is 9.55 Å². The third-order valence-corrected chi connectivity index (χ3v) is 4.30. The molecule has 1 saturated carbocycles. The van der Waals surface area contributed by atoms with Crippen LogP contribution < -0.4 is 15.6 Å². The van der Waals surface area contributed by atoms with Crippen LogP contribution in [0.15, 0.2) is 29.2 Å². The fourth-order valence-electron chi connectivity index (χ4n) is 2.30. The molecule has 3 rings (SSSR count). The molecule has 1 aromatic carbocycles. The van der Waals surface area contributed by atoms with Crippen molar-refractivity contribution in [3.63, 3.8) is 0 Å². The van der Waals surface area contributed by atoms with Gasteiger partial charge in [-0.25, -0.2) is 4.98 Å². The van der Waals surface area contributed by atoms with E-state index in [1.54, 1.807) is 4.57 Å². The third-order valence-electron chi connectivity index (χ3n) is 3.89. The molecule has 1 aliphatic rings. The second-order valence-electron chi connectivity index (χ2n) is 5.55. The lowest BCUT2D eigenvalue weighted by atomic mass is 10.2. The summed E-state index contributed by atoms with van der Waals surface area (Å²) in [6.07, 6.45) is 3.76. The zero-order valence-corrected chi connectivity index (χ0v) is 13.4. The van der Waals surface area contributed by atoms with Gasteiger partial charge in [-0.3, -0.25) is 9.36 Å². The van der Waals surface area contributed by atoms with E-state index in [4.69, 9.17) is 16.3 Å². The molecule has 1 aliphatic carbocycles. The number of benzene rings is 1. The van der Waals surface area contributed by atoms with Crippen molar-refractivity contribution >= 4 is 23.2 Å². The van der Waals surface area contributed by atoms with E-state index in [1.165, 1.54) is 13.3 Å². The van der Waals surface area contributed by atoms with Crippen molar-refractivity contribution in [2.24, 2.45) is 5.92 Å². The maximum atomic E-state index is 12.5. The maximum absolute atomic E-state index is 12.5. The van der Waals surface area contributed by atoms with E-state index < -0.39 is 0 Å². The highest BCUT2D eigenvalue weighted by Crippen LogP contribution is 2.32. The molecule has 0 amide bonds. The Morgan fingerprint density at radius 1 is 1.45 bits per heavy atom. The summed E-state index contributed by atoms with van der Waals surface area (Å²) in [5.41, 5.74) is 1.60. The number of halogens is 1. The van der Waals surface area contributed by atoms with Gasteiger partial charge in [0, 0.05) is 17.3 Å². The SMILES string of the molecule is COc1cnc(Nc2cccc(Cl)c2C)n(CC2CC2)c1=O. The Kier molecular flexibility index (Phi) is 4.07. The normalized spacial score (nSPS) is 14.0. The summed E-state index contributed by atoms with van der Waals surface area (Å²) in [6, 6.07) is 5.62. The lowest BCUT2D eigenvalue weighted by Gasteiger charge is -2.16. The Labute approximate surface area is 133 Å². The third kappa shape index (κ3) is 2.95. The fourth-order valence-corrected chi connectivity index (χ4v) is 2.48. The van der Waals surface area contributed by atoms with Crippen LogP contribution >= 0.6 is 11.6 Å². The summed E-state index contributed by atoms with van der Waals surface area (Å²) in [5, 5.41) is 3.89. The van der Waals surface area contributed by atoms with Crippen LogP contribution in [0.4, 0.5) is 11.6 Å². The number of ether oxygens (including phenoxy) is 1. The summed E-state index contributed by atoms with van der Waals surface area (Å²) in [7, 11) is 1.48. The Morgan fingerprint density at radius 3 is 2.91 bits per heavy atom. The summed E-state index contributed by atoms with van der Waals surface area (Å²) in [4.78, 5) is 16.8. The standard InChI is InChI=1S/C16H18ClN3O2/c1-10-12(17)4-3-5-13(10)19-16-18-8-14(22-2)15(21)20(16)9-11-6-7-11/h3-5,8,11H,6-7,9H2,1-2H3,(H,18,19). The zero-order chi connectivity index (χ0) is 15.7. The first-order valence-electron chi connectivity index (χ1n) is 7.26. The van der Waals surface area contributed by atoms with Crippen molar-refractivity contribution < 1.29 is 4.74 Å². The number of rotatable bonds is 5. The van der Waals surface area contributed by atoms with Gasteiger partial charge in [0.15, 0.2) is 0 Å². The van der Waals surface area contributed by atoms with E-state index in [0.717, 1.165) is 24.1 Å². The first-order chi connectivity index (χ1) is 10.6. The molecular weight excluding hydrogens is 302 g/mol. The molecule has 6 heteroatoms. The Balaban J connectivity index is 2.00. The Hall–Kier alpha value is -2.01. The van der Waals surface area contributed by atoms with Crippen molar-refractivity contribution in [3.05, 3.63) is 45.3 Å². The van der Waals surface area contributed by atoms with Crippen LogP contribution in [0.5, 0.6) is 5.75 Å². The van der Waals surface area contributed by atoms with Gasteiger partial charge in [-0.1, -0.05) is 17.7 Å². The summed E-state index contributed by atoms with van der Waals surface area (Å²) >= 11 is 6.14. The highest BCUT2D eigenvalue weighted by molar-refractivity contribution is 6.31. The number of nitrogens with zero attached hydrogens (tertiary/aromatic N) is 2. The molecule has 0 spiro atoms. The van der Waals surface area contributed by atoms with E-state index in [2.05, 4.69) is 10.3 Å². The van der Waals surface area contributed by atoms with Crippen molar-refractivity contribution in [1.29, 1.82) is 0 Å². The van der Waals surface area contributed by atoms with E-state index in [1.807, 2.05) is 25.1 Å². The number of hydrogen-bond donors (Lipinski definition) is 1. The molecule has 0 atom stereocenters. The second-order valence-corrected chi connectivity index (χ2v) is 5.95. The molecule has 5 nitrogen and oxygen atoms in total. The number of anilines is 2. The van der Waals surface area contributed by atoms with E-state index >= 15 is 0 Å². The smallest absolute Gasteiger partial charge is 0.297 e. The quantitative estimate of drug-likeness (QED) is 0.918. The number of hydrogen-bond acceptors (Lipinski definition) is 4. The molecule has 0 unspecified atom stereocenters. The zero-order valence-electron chi connectivity index (χ0n) is 12.6. The largest absolute Gasteiger partial charge is 0.490 e. The van der Waals surface area contributed by atoms with Crippen LogP contribution in [-0.2, 0) is 6.54 Å². The summed E-state index contributed by atoms with van der Waals surface area (Å²) < 4.78 is 6.74. The predicted octanol–water partition coefficient (Wildman–Crippen LogP) is 3.37. The van der Waals surface area contributed by atoms with Gasteiger partial charge in [0.25, 0.3) is 5.56 Å². The van der Waals surface area contributed by atoms with Crippen molar-refractivity contribution in [2.45, 2.75) is 26.3 Å². The van der Waals surface area contributed by atoms with Crippen LogP contribution in [0.1, 0.15) is 18.4 Å². The molecule has 1 fully saturated rings. The van der Waals surface area contributed by atoms with Gasteiger partial charge in [0.05, 0.1) is 13.3 Å². The molecule has 22 heavy (non-hydrogen) atoms. The maximum Gasteiger partial charge on any atom is 0.297 e.